The molecule has 2 N–H and O–H groups in total. The first kappa shape index (κ1) is 22.9. The molecule has 0 amide bonds. The van der Waals surface area contributed by atoms with Gasteiger partial charge in [-0.1, -0.05) is 62.2 Å². The number of para-hydroxylation sites is 1. The van der Waals surface area contributed by atoms with Crippen molar-refractivity contribution in [2.24, 2.45) is 5.73 Å². The van der Waals surface area contributed by atoms with Gasteiger partial charge in [0.1, 0.15) is 28.9 Å². The lowest BCUT2D eigenvalue weighted by Gasteiger charge is -2.28. The van der Waals surface area contributed by atoms with Crippen molar-refractivity contribution in [1.29, 1.82) is 5.26 Å². The molecule has 0 aromatic heterocycles. The third-order valence-electron chi connectivity index (χ3n) is 5.65. The number of carbonyl (C=O) groups excluding carboxylic acids is 1. The summed E-state index contributed by atoms with van der Waals surface area (Å²) in [6.07, 6.45) is 3.14. The average molecular weight is 455 g/mol. The van der Waals surface area contributed by atoms with Crippen LogP contribution in [0.2, 0.25) is 0 Å². The molecule has 0 spiro atoms. The lowest BCUT2D eigenvalue weighted by molar-refractivity contribution is 0.0734. The van der Waals surface area contributed by atoms with E-state index in [2.05, 4.69) is 13.0 Å². The van der Waals surface area contributed by atoms with E-state index >= 15 is 0 Å². The average Bonchev–Trinajstić information content (AvgIpc) is 2.86. The van der Waals surface area contributed by atoms with Gasteiger partial charge >= 0.3 is 5.97 Å². The van der Waals surface area contributed by atoms with Gasteiger partial charge in [0.05, 0.1) is 18.1 Å². The highest BCUT2D eigenvalue weighted by Crippen LogP contribution is 2.45. The van der Waals surface area contributed by atoms with Gasteiger partial charge in [-0.3, -0.25) is 0 Å². The first-order chi connectivity index (χ1) is 16.6. The smallest absolute Gasteiger partial charge is 0.343 e. The van der Waals surface area contributed by atoms with Gasteiger partial charge in [-0.2, -0.15) is 5.26 Å². The van der Waals surface area contributed by atoms with E-state index in [1.54, 1.807) is 42.5 Å². The van der Waals surface area contributed by atoms with Gasteiger partial charge in [0.2, 0.25) is 5.88 Å². The topological polar surface area (TPSA) is 94.6 Å². The minimum Gasteiger partial charge on any atom is -0.493 e. The van der Waals surface area contributed by atoms with Crippen LogP contribution in [0.3, 0.4) is 0 Å². The Balaban J connectivity index is 1.67. The standard InChI is InChI=1S/C28H26N2O4/c1-2-3-9-16-32-24-13-8-7-12-21(24)26-22-15-14-20(17-25(22)34-27(30)23(26)18-29)33-28(31)19-10-5-4-6-11-19/h4-8,10-15,17,26H,2-3,9,16,30H2,1H3. The van der Waals surface area contributed by atoms with Crippen LogP contribution in [0, 0.1) is 11.3 Å². The lowest BCUT2D eigenvalue weighted by Crippen LogP contribution is -2.21. The van der Waals surface area contributed by atoms with E-state index in [1.807, 2.05) is 30.3 Å². The number of unbranched alkanes of at least 4 members (excludes halogenated alkanes) is 2. The summed E-state index contributed by atoms with van der Waals surface area (Å²) in [5, 5.41) is 9.88. The van der Waals surface area contributed by atoms with Crippen molar-refractivity contribution in [3.8, 4) is 23.3 Å². The Morgan fingerprint density at radius 1 is 1.03 bits per heavy atom. The predicted molar refractivity (Wildman–Crippen MR) is 129 cm³/mol. The molecule has 0 saturated carbocycles. The van der Waals surface area contributed by atoms with Crippen LogP contribution in [0.15, 0.2) is 84.3 Å². The highest BCUT2D eigenvalue weighted by atomic mass is 16.5. The second-order valence-electron chi connectivity index (χ2n) is 7.97. The number of esters is 1. The molecule has 0 aliphatic carbocycles. The van der Waals surface area contributed by atoms with Crippen molar-refractivity contribution in [1.82, 2.24) is 0 Å². The van der Waals surface area contributed by atoms with Crippen LogP contribution in [0.5, 0.6) is 17.2 Å². The van der Waals surface area contributed by atoms with Crippen LogP contribution >= 0.6 is 0 Å². The Hall–Kier alpha value is -4.24. The fourth-order valence-corrected chi connectivity index (χ4v) is 3.94. The van der Waals surface area contributed by atoms with Gasteiger partial charge in [-0.05, 0) is 30.7 Å². The van der Waals surface area contributed by atoms with E-state index in [1.165, 1.54) is 0 Å². The van der Waals surface area contributed by atoms with Crippen molar-refractivity contribution < 1.29 is 19.0 Å². The Morgan fingerprint density at radius 3 is 2.56 bits per heavy atom. The zero-order valence-electron chi connectivity index (χ0n) is 19.0. The van der Waals surface area contributed by atoms with Gasteiger partial charge in [0.15, 0.2) is 0 Å². The quantitative estimate of drug-likeness (QED) is 0.267. The molecule has 4 rings (SSSR count). The number of nitrogens with two attached hydrogens (primary N) is 1. The largest absolute Gasteiger partial charge is 0.493 e. The van der Waals surface area contributed by atoms with Crippen LogP contribution in [0.1, 0.15) is 53.6 Å². The molecule has 1 aliphatic heterocycles. The van der Waals surface area contributed by atoms with Crippen molar-refractivity contribution >= 4 is 5.97 Å². The fourth-order valence-electron chi connectivity index (χ4n) is 3.94. The van der Waals surface area contributed by atoms with Crippen molar-refractivity contribution in [2.45, 2.75) is 32.1 Å². The molecule has 172 valence electrons. The van der Waals surface area contributed by atoms with Crippen LogP contribution in [-0.2, 0) is 0 Å². The minimum absolute atomic E-state index is 0.0207. The maximum Gasteiger partial charge on any atom is 0.343 e. The number of hydrogen-bond donors (Lipinski definition) is 1. The number of hydrogen-bond acceptors (Lipinski definition) is 6. The highest BCUT2D eigenvalue weighted by Gasteiger charge is 2.33. The normalized spacial score (nSPS) is 14.5. The molecule has 1 aliphatic rings. The number of nitriles is 1. The Kier molecular flexibility index (Phi) is 7.14. The van der Waals surface area contributed by atoms with Gasteiger partial charge in [-0.15, -0.1) is 0 Å². The number of rotatable bonds is 8. The van der Waals surface area contributed by atoms with E-state index < -0.39 is 11.9 Å². The summed E-state index contributed by atoms with van der Waals surface area (Å²) >= 11 is 0. The number of allylic oxidation sites excluding steroid dienone is 1. The molecule has 0 radical (unpaired) electrons. The Morgan fingerprint density at radius 2 is 1.79 bits per heavy atom. The van der Waals surface area contributed by atoms with E-state index in [0.29, 0.717) is 35.0 Å². The summed E-state index contributed by atoms with van der Waals surface area (Å²) in [6, 6.07) is 23.7. The van der Waals surface area contributed by atoms with E-state index in [9.17, 15) is 10.1 Å². The molecule has 0 fully saturated rings. The first-order valence-electron chi connectivity index (χ1n) is 11.3. The SMILES string of the molecule is CCCCCOc1ccccc1C1C(C#N)=C(N)Oc2cc(OC(=O)c3ccccc3)ccc21. The van der Waals surface area contributed by atoms with Gasteiger partial charge in [0, 0.05) is 17.2 Å². The summed E-state index contributed by atoms with van der Waals surface area (Å²) in [7, 11) is 0. The van der Waals surface area contributed by atoms with E-state index in [0.717, 1.165) is 30.4 Å². The molecule has 3 aromatic rings. The van der Waals surface area contributed by atoms with Crippen molar-refractivity contribution in [2.75, 3.05) is 6.61 Å². The highest BCUT2D eigenvalue weighted by molar-refractivity contribution is 5.91. The molecule has 34 heavy (non-hydrogen) atoms. The Bertz CT molecular complexity index is 1240. The summed E-state index contributed by atoms with van der Waals surface area (Å²) in [6.45, 7) is 2.74. The monoisotopic (exact) mass is 454 g/mol. The molecule has 0 saturated heterocycles. The molecule has 1 unspecified atom stereocenters. The minimum atomic E-state index is -0.472. The summed E-state index contributed by atoms with van der Waals surface area (Å²) < 4.78 is 17.4. The molecule has 6 nitrogen and oxygen atoms in total. The van der Waals surface area contributed by atoms with Gasteiger partial charge in [-0.25, -0.2) is 4.79 Å². The number of carbonyl (C=O) groups is 1. The maximum absolute atomic E-state index is 12.5. The third-order valence-corrected chi connectivity index (χ3v) is 5.65. The third kappa shape index (κ3) is 4.89. The Labute approximate surface area is 199 Å². The summed E-state index contributed by atoms with van der Waals surface area (Å²) in [5.74, 6) is 0.545. The lowest BCUT2D eigenvalue weighted by atomic mass is 9.83. The number of benzene rings is 3. The zero-order valence-corrected chi connectivity index (χ0v) is 19.0. The number of ether oxygens (including phenoxy) is 3. The van der Waals surface area contributed by atoms with Crippen molar-refractivity contribution in [3.05, 3.63) is 101 Å². The second kappa shape index (κ2) is 10.6. The molecule has 6 heteroatoms. The molecular formula is C28H26N2O4. The van der Waals surface area contributed by atoms with Crippen LogP contribution in [0.4, 0.5) is 0 Å². The second-order valence-corrected chi connectivity index (χ2v) is 7.97. The van der Waals surface area contributed by atoms with Gasteiger partial charge < -0.3 is 19.9 Å². The first-order valence-corrected chi connectivity index (χ1v) is 11.3. The molecule has 1 atom stereocenters. The van der Waals surface area contributed by atoms with E-state index in [-0.39, 0.29) is 5.88 Å². The summed E-state index contributed by atoms with van der Waals surface area (Å²) in [5.41, 5.74) is 8.48. The molecule has 3 aromatic carbocycles. The van der Waals surface area contributed by atoms with Crippen molar-refractivity contribution in [3.63, 3.8) is 0 Å². The zero-order chi connectivity index (χ0) is 23.9. The molecule has 0 bridgehead atoms. The van der Waals surface area contributed by atoms with Crippen LogP contribution < -0.4 is 19.9 Å². The predicted octanol–water partition coefficient (Wildman–Crippen LogP) is 5.69. The summed E-state index contributed by atoms with van der Waals surface area (Å²) in [4.78, 5) is 12.5. The number of nitrogens with zero attached hydrogens (tertiary/aromatic N) is 1. The van der Waals surface area contributed by atoms with Crippen LogP contribution in [0.25, 0.3) is 0 Å². The molecule has 1 heterocycles. The number of fused-ring (bicyclic) bond motifs is 1. The van der Waals surface area contributed by atoms with Crippen LogP contribution in [-0.4, -0.2) is 12.6 Å². The van der Waals surface area contributed by atoms with E-state index in [4.69, 9.17) is 19.9 Å². The van der Waals surface area contributed by atoms with Gasteiger partial charge in [0.25, 0.3) is 0 Å². The molecular weight excluding hydrogens is 428 g/mol. The fraction of sp³-hybridized carbons (Fsp3) is 0.214. The maximum atomic E-state index is 12.5.